The third-order valence-electron chi connectivity index (χ3n) is 6.73. The summed E-state index contributed by atoms with van der Waals surface area (Å²) in [6.45, 7) is 3.56. The second kappa shape index (κ2) is 8.69. The maximum absolute atomic E-state index is 12.6. The number of hydrogen-bond acceptors (Lipinski definition) is 4. The van der Waals surface area contributed by atoms with E-state index in [1.165, 1.54) is 19.3 Å². The lowest BCUT2D eigenvalue weighted by Gasteiger charge is -2.56. The molecule has 4 aliphatic rings. The van der Waals surface area contributed by atoms with Crippen molar-refractivity contribution in [2.45, 2.75) is 64.3 Å². The van der Waals surface area contributed by atoms with Gasteiger partial charge >= 0.3 is 0 Å². The number of amides is 2. The van der Waals surface area contributed by atoms with Crippen molar-refractivity contribution in [2.75, 3.05) is 6.61 Å². The molecule has 7 heteroatoms. The molecule has 0 aromatic heterocycles. The van der Waals surface area contributed by atoms with Crippen molar-refractivity contribution in [1.82, 2.24) is 10.7 Å². The molecule has 1 aromatic carbocycles. The standard InChI is InChI=1S/C23H30BrN3O3/c1-14-5-19(24)3-4-20(14)30-13-22(29)27-26-15(2)6-21(28)25-23-10-16-7-17(11-23)9-18(8-16)12-23/h3-5,16-18H,6-13H2,1-2H3,(H,25,28)(H,27,29)/b26-15-. The van der Waals surface area contributed by atoms with Crippen LogP contribution >= 0.6 is 15.9 Å². The molecule has 4 fully saturated rings. The lowest BCUT2D eigenvalue weighted by Crippen LogP contribution is -2.60. The Kier molecular flexibility index (Phi) is 6.19. The average Bonchev–Trinajstić information content (AvgIpc) is 2.64. The number of carbonyl (C=O) groups is 2. The quantitative estimate of drug-likeness (QED) is 0.459. The number of hydrogen-bond donors (Lipinski definition) is 2. The fourth-order valence-corrected chi connectivity index (χ4v) is 6.46. The highest BCUT2D eigenvalue weighted by Crippen LogP contribution is 2.55. The molecule has 0 spiro atoms. The maximum Gasteiger partial charge on any atom is 0.277 e. The maximum atomic E-state index is 12.6. The van der Waals surface area contributed by atoms with Crippen molar-refractivity contribution in [3.8, 4) is 5.75 Å². The minimum Gasteiger partial charge on any atom is -0.483 e. The predicted octanol–water partition coefficient (Wildman–Crippen LogP) is 4.10. The molecule has 1 aromatic rings. The van der Waals surface area contributed by atoms with Crippen molar-refractivity contribution in [3.63, 3.8) is 0 Å². The minimum absolute atomic E-state index is 0.00569. The lowest BCUT2D eigenvalue weighted by atomic mass is 9.53. The average molecular weight is 476 g/mol. The third-order valence-corrected chi connectivity index (χ3v) is 7.22. The van der Waals surface area contributed by atoms with Crippen LogP contribution in [-0.2, 0) is 9.59 Å². The van der Waals surface area contributed by atoms with Crippen molar-refractivity contribution < 1.29 is 14.3 Å². The van der Waals surface area contributed by atoms with Crippen LogP contribution in [0.15, 0.2) is 27.8 Å². The molecular formula is C23H30BrN3O3. The molecule has 0 atom stereocenters. The van der Waals surface area contributed by atoms with Gasteiger partial charge in [-0.15, -0.1) is 0 Å². The summed E-state index contributed by atoms with van der Waals surface area (Å²) in [6, 6.07) is 5.61. The van der Waals surface area contributed by atoms with Crippen LogP contribution in [0.4, 0.5) is 0 Å². The van der Waals surface area contributed by atoms with E-state index in [1.54, 1.807) is 6.92 Å². The third kappa shape index (κ3) is 5.05. The number of nitrogens with one attached hydrogen (secondary N) is 2. The van der Waals surface area contributed by atoms with E-state index >= 15 is 0 Å². The molecule has 6 nitrogen and oxygen atoms in total. The van der Waals surface area contributed by atoms with Crippen LogP contribution in [0.5, 0.6) is 5.75 Å². The van der Waals surface area contributed by atoms with Crippen LogP contribution in [-0.4, -0.2) is 29.7 Å². The van der Waals surface area contributed by atoms with Crippen LogP contribution in [0, 0.1) is 24.7 Å². The molecule has 0 radical (unpaired) electrons. The van der Waals surface area contributed by atoms with Crippen LogP contribution < -0.4 is 15.5 Å². The van der Waals surface area contributed by atoms with Gasteiger partial charge in [0.05, 0.1) is 6.42 Å². The highest BCUT2D eigenvalue weighted by molar-refractivity contribution is 9.10. The van der Waals surface area contributed by atoms with Gasteiger partial charge in [0, 0.05) is 15.7 Å². The Bertz CT molecular complexity index is 832. The van der Waals surface area contributed by atoms with Gasteiger partial charge < -0.3 is 10.1 Å². The number of benzene rings is 1. The van der Waals surface area contributed by atoms with E-state index in [-0.39, 0.29) is 30.4 Å². The van der Waals surface area contributed by atoms with Crippen molar-refractivity contribution in [2.24, 2.45) is 22.9 Å². The van der Waals surface area contributed by atoms with Gasteiger partial charge in [-0.3, -0.25) is 9.59 Å². The fraction of sp³-hybridized carbons (Fsp3) is 0.609. The molecule has 5 rings (SSSR count). The highest BCUT2D eigenvalue weighted by atomic mass is 79.9. The molecule has 30 heavy (non-hydrogen) atoms. The van der Waals surface area contributed by atoms with Crippen molar-refractivity contribution >= 4 is 33.5 Å². The van der Waals surface area contributed by atoms with Crippen LogP contribution in [0.2, 0.25) is 0 Å². The smallest absolute Gasteiger partial charge is 0.277 e. The zero-order chi connectivity index (χ0) is 21.3. The summed E-state index contributed by atoms with van der Waals surface area (Å²) in [5, 5.41) is 7.42. The number of rotatable bonds is 7. The monoisotopic (exact) mass is 475 g/mol. The summed E-state index contributed by atoms with van der Waals surface area (Å²) in [5.74, 6) is 2.69. The number of aryl methyl sites for hydroxylation is 1. The van der Waals surface area contributed by atoms with Gasteiger partial charge in [0.25, 0.3) is 5.91 Å². The molecule has 0 heterocycles. The number of carbonyl (C=O) groups excluding carboxylic acids is 2. The minimum atomic E-state index is -0.349. The van der Waals surface area contributed by atoms with E-state index < -0.39 is 0 Å². The van der Waals surface area contributed by atoms with E-state index in [9.17, 15) is 9.59 Å². The SMILES string of the molecule is C/C(CC(=O)NC12CC3CC(CC(C3)C1)C2)=N/NC(=O)COc1ccc(Br)cc1C. The van der Waals surface area contributed by atoms with Gasteiger partial charge in [-0.2, -0.15) is 5.10 Å². The van der Waals surface area contributed by atoms with E-state index in [0.29, 0.717) is 11.5 Å². The summed E-state index contributed by atoms with van der Waals surface area (Å²) in [7, 11) is 0. The molecule has 162 valence electrons. The second-order valence-corrected chi connectivity index (χ2v) is 10.4. The molecular weight excluding hydrogens is 446 g/mol. The molecule has 4 aliphatic carbocycles. The number of nitrogens with zero attached hydrogens (tertiary/aromatic N) is 1. The summed E-state index contributed by atoms with van der Waals surface area (Å²) < 4.78 is 6.51. The Balaban J connectivity index is 1.23. The molecule has 4 saturated carbocycles. The van der Waals surface area contributed by atoms with E-state index in [1.807, 2.05) is 25.1 Å². The largest absolute Gasteiger partial charge is 0.483 e. The van der Waals surface area contributed by atoms with E-state index in [4.69, 9.17) is 4.74 Å². The van der Waals surface area contributed by atoms with Gasteiger partial charge in [-0.1, -0.05) is 15.9 Å². The highest BCUT2D eigenvalue weighted by Gasteiger charge is 2.51. The molecule has 2 amide bonds. The second-order valence-electron chi connectivity index (χ2n) is 9.50. The molecule has 0 unspecified atom stereocenters. The fourth-order valence-electron chi connectivity index (χ4n) is 5.98. The van der Waals surface area contributed by atoms with Gasteiger partial charge in [0.2, 0.25) is 5.91 Å². The zero-order valence-corrected chi connectivity index (χ0v) is 19.3. The van der Waals surface area contributed by atoms with Crippen LogP contribution in [0.3, 0.4) is 0 Å². The molecule has 4 bridgehead atoms. The first-order chi connectivity index (χ1) is 14.3. The molecule has 0 saturated heterocycles. The van der Waals surface area contributed by atoms with E-state index in [2.05, 4.69) is 31.8 Å². The van der Waals surface area contributed by atoms with Gasteiger partial charge in [-0.05, 0) is 93.9 Å². The van der Waals surface area contributed by atoms with Crippen molar-refractivity contribution in [1.29, 1.82) is 0 Å². The first-order valence-electron chi connectivity index (χ1n) is 10.8. The summed E-state index contributed by atoms with van der Waals surface area (Å²) in [6.07, 6.45) is 7.64. The van der Waals surface area contributed by atoms with Gasteiger partial charge in [0.15, 0.2) is 6.61 Å². The van der Waals surface area contributed by atoms with Crippen molar-refractivity contribution in [3.05, 3.63) is 28.2 Å². The van der Waals surface area contributed by atoms with E-state index in [0.717, 1.165) is 47.1 Å². The number of halogens is 1. The number of ether oxygens (including phenoxy) is 1. The topological polar surface area (TPSA) is 79.8 Å². The normalized spacial score (nSPS) is 29.6. The van der Waals surface area contributed by atoms with Gasteiger partial charge in [-0.25, -0.2) is 5.43 Å². The number of hydrazone groups is 1. The Labute approximate surface area is 186 Å². The van der Waals surface area contributed by atoms with Crippen LogP contribution in [0.1, 0.15) is 57.4 Å². The molecule has 0 aliphatic heterocycles. The van der Waals surface area contributed by atoms with Gasteiger partial charge in [0.1, 0.15) is 5.75 Å². The Hall–Kier alpha value is -1.89. The Morgan fingerprint density at radius 2 is 1.77 bits per heavy atom. The Morgan fingerprint density at radius 3 is 2.37 bits per heavy atom. The predicted molar refractivity (Wildman–Crippen MR) is 119 cm³/mol. The Morgan fingerprint density at radius 1 is 1.13 bits per heavy atom. The lowest BCUT2D eigenvalue weighted by molar-refractivity contribution is -0.126. The first kappa shape index (κ1) is 21.3. The summed E-state index contributed by atoms with van der Waals surface area (Å²) in [4.78, 5) is 24.7. The summed E-state index contributed by atoms with van der Waals surface area (Å²) in [5.41, 5.74) is 4.02. The molecule has 2 N–H and O–H groups in total. The van der Waals surface area contributed by atoms with Crippen LogP contribution in [0.25, 0.3) is 0 Å². The first-order valence-corrected chi connectivity index (χ1v) is 11.6. The zero-order valence-electron chi connectivity index (χ0n) is 17.7. The summed E-state index contributed by atoms with van der Waals surface area (Å²) >= 11 is 3.40.